The molecule has 1 saturated heterocycles. The first-order chi connectivity index (χ1) is 9.60. The predicted molar refractivity (Wildman–Crippen MR) is 86.3 cm³/mol. The van der Waals surface area contributed by atoms with Crippen LogP contribution in [0.15, 0.2) is 12.1 Å². The Morgan fingerprint density at radius 1 is 1.35 bits per heavy atom. The van der Waals surface area contributed by atoms with Gasteiger partial charge in [-0.3, -0.25) is 4.90 Å². The molecule has 1 fully saturated rings. The van der Waals surface area contributed by atoms with Gasteiger partial charge in [0.15, 0.2) is 0 Å². The topological polar surface area (TPSA) is 28.2 Å². The van der Waals surface area contributed by atoms with Crippen LogP contribution in [-0.4, -0.2) is 29.0 Å². The van der Waals surface area contributed by atoms with Crippen molar-refractivity contribution in [2.24, 2.45) is 5.92 Å². The number of halogens is 1. The second kappa shape index (κ2) is 7.28. The number of likely N-dealkylation sites (tertiary alicyclic amines) is 1. The summed E-state index contributed by atoms with van der Waals surface area (Å²) in [5.41, 5.74) is 0.994. The van der Waals surface area contributed by atoms with Gasteiger partial charge in [0.25, 0.3) is 0 Å². The molecular formula is C16H26ClN3. The van der Waals surface area contributed by atoms with E-state index in [1.165, 1.54) is 12.8 Å². The van der Waals surface area contributed by atoms with Gasteiger partial charge >= 0.3 is 0 Å². The Balaban J connectivity index is 2.07. The van der Waals surface area contributed by atoms with Gasteiger partial charge in [-0.15, -0.1) is 0 Å². The summed E-state index contributed by atoms with van der Waals surface area (Å²) in [5, 5.41) is 4.11. The van der Waals surface area contributed by atoms with E-state index in [9.17, 15) is 0 Å². The summed E-state index contributed by atoms with van der Waals surface area (Å²) in [4.78, 5) is 7.18. The average Bonchev–Trinajstić information content (AvgIpc) is 2.43. The monoisotopic (exact) mass is 295 g/mol. The fourth-order valence-corrected chi connectivity index (χ4v) is 2.90. The molecule has 1 N–H and O–H groups in total. The van der Waals surface area contributed by atoms with E-state index in [-0.39, 0.29) is 0 Å². The molecule has 2 rings (SSSR count). The van der Waals surface area contributed by atoms with E-state index < -0.39 is 0 Å². The van der Waals surface area contributed by atoms with Crippen LogP contribution in [0.1, 0.15) is 45.7 Å². The smallest absolute Gasteiger partial charge is 0.126 e. The summed E-state index contributed by atoms with van der Waals surface area (Å²) in [5.74, 6) is 1.70. The van der Waals surface area contributed by atoms with Crippen molar-refractivity contribution >= 4 is 17.4 Å². The van der Waals surface area contributed by atoms with Crippen molar-refractivity contribution in [2.75, 3.05) is 18.4 Å². The zero-order valence-electron chi connectivity index (χ0n) is 12.8. The summed E-state index contributed by atoms with van der Waals surface area (Å²) >= 11 is 6.32. The SMILES string of the molecule is CCCNc1ccc(Cl)c(CN2CC(C)CCC2C)n1. The number of pyridine rings is 1. The maximum Gasteiger partial charge on any atom is 0.126 e. The zero-order valence-corrected chi connectivity index (χ0v) is 13.6. The first kappa shape index (κ1) is 15.6. The summed E-state index contributed by atoms with van der Waals surface area (Å²) in [6.07, 6.45) is 3.70. The van der Waals surface area contributed by atoms with E-state index in [2.05, 4.69) is 36.0 Å². The zero-order chi connectivity index (χ0) is 14.5. The van der Waals surface area contributed by atoms with Crippen molar-refractivity contribution in [3.05, 3.63) is 22.8 Å². The minimum absolute atomic E-state index is 0.622. The molecule has 20 heavy (non-hydrogen) atoms. The Labute approximate surface area is 127 Å². The van der Waals surface area contributed by atoms with Crippen LogP contribution in [0.2, 0.25) is 5.02 Å². The van der Waals surface area contributed by atoms with Gasteiger partial charge in [0, 0.05) is 25.7 Å². The molecular weight excluding hydrogens is 270 g/mol. The highest BCUT2D eigenvalue weighted by molar-refractivity contribution is 6.31. The lowest BCUT2D eigenvalue weighted by molar-refractivity contribution is 0.116. The van der Waals surface area contributed by atoms with Gasteiger partial charge in [-0.1, -0.05) is 25.4 Å². The van der Waals surface area contributed by atoms with Gasteiger partial charge < -0.3 is 5.32 Å². The van der Waals surface area contributed by atoms with Crippen LogP contribution < -0.4 is 5.32 Å². The number of rotatable bonds is 5. The Bertz CT molecular complexity index is 436. The number of hydrogen-bond donors (Lipinski definition) is 1. The molecule has 0 bridgehead atoms. The van der Waals surface area contributed by atoms with Crippen molar-refractivity contribution in [3.63, 3.8) is 0 Å². The molecule has 0 amide bonds. The molecule has 1 aromatic heterocycles. The number of piperidine rings is 1. The highest BCUT2D eigenvalue weighted by Gasteiger charge is 2.23. The quantitative estimate of drug-likeness (QED) is 0.883. The normalized spacial score (nSPS) is 23.8. The molecule has 3 nitrogen and oxygen atoms in total. The van der Waals surface area contributed by atoms with Crippen molar-refractivity contribution < 1.29 is 0 Å². The summed E-state index contributed by atoms with van der Waals surface area (Å²) in [6.45, 7) is 9.73. The van der Waals surface area contributed by atoms with E-state index in [1.807, 2.05) is 12.1 Å². The summed E-state index contributed by atoms with van der Waals surface area (Å²) in [6, 6.07) is 4.54. The lowest BCUT2D eigenvalue weighted by atomic mass is 9.95. The fraction of sp³-hybridized carbons (Fsp3) is 0.688. The Morgan fingerprint density at radius 3 is 2.90 bits per heavy atom. The van der Waals surface area contributed by atoms with Crippen molar-refractivity contribution in [3.8, 4) is 0 Å². The molecule has 0 spiro atoms. The molecule has 0 aliphatic carbocycles. The van der Waals surface area contributed by atoms with Crippen molar-refractivity contribution in [2.45, 2.75) is 52.6 Å². The number of nitrogens with one attached hydrogen (secondary N) is 1. The Hall–Kier alpha value is -0.800. The minimum atomic E-state index is 0.622. The van der Waals surface area contributed by atoms with Crippen LogP contribution in [0, 0.1) is 5.92 Å². The maximum atomic E-state index is 6.32. The second-order valence-corrected chi connectivity index (χ2v) is 6.42. The van der Waals surface area contributed by atoms with Gasteiger partial charge in [-0.2, -0.15) is 0 Å². The van der Waals surface area contributed by atoms with Gasteiger partial charge in [0.05, 0.1) is 10.7 Å². The molecule has 112 valence electrons. The number of aromatic nitrogens is 1. The molecule has 0 radical (unpaired) electrons. The van der Waals surface area contributed by atoms with Crippen LogP contribution in [0.4, 0.5) is 5.82 Å². The van der Waals surface area contributed by atoms with Gasteiger partial charge in [-0.25, -0.2) is 4.98 Å². The van der Waals surface area contributed by atoms with E-state index >= 15 is 0 Å². The van der Waals surface area contributed by atoms with Gasteiger partial charge in [0.1, 0.15) is 5.82 Å². The van der Waals surface area contributed by atoms with E-state index in [0.717, 1.165) is 48.5 Å². The van der Waals surface area contributed by atoms with Crippen LogP contribution in [-0.2, 0) is 6.54 Å². The molecule has 0 aromatic carbocycles. The van der Waals surface area contributed by atoms with Gasteiger partial charge in [0.2, 0.25) is 0 Å². The fourth-order valence-electron chi connectivity index (χ4n) is 2.74. The highest BCUT2D eigenvalue weighted by atomic mass is 35.5. The largest absolute Gasteiger partial charge is 0.370 e. The Morgan fingerprint density at radius 2 is 2.15 bits per heavy atom. The van der Waals surface area contributed by atoms with Crippen LogP contribution in [0.3, 0.4) is 0 Å². The van der Waals surface area contributed by atoms with Crippen LogP contribution >= 0.6 is 11.6 Å². The lowest BCUT2D eigenvalue weighted by Crippen LogP contribution is -2.40. The molecule has 1 aromatic rings. The van der Waals surface area contributed by atoms with Gasteiger partial charge in [-0.05, 0) is 44.2 Å². The van der Waals surface area contributed by atoms with E-state index in [1.54, 1.807) is 0 Å². The van der Waals surface area contributed by atoms with Crippen molar-refractivity contribution in [1.82, 2.24) is 9.88 Å². The number of nitrogens with zero attached hydrogens (tertiary/aromatic N) is 2. The highest BCUT2D eigenvalue weighted by Crippen LogP contribution is 2.25. The first-order valence-corrected chi connectivity index (χ1v) is 8.11. The first-order valence-electron chi connectivity index (χ1n) is 7.73. The maximum absolute atomic E-state index is 6.32. The molecule has 2 atom stereocenters. The second-order valence-electron chi connectivity index (χ2n) is 6.01. The minimum Gasteiger partial charge on any atom is -0.370 e. The molecule has 2 heterocycles. The van der Waals surface area contributed by atoms with E-state index in [4.69, 9.17) is 11.6 Å². The van der Waals surface area contributed by atoms with Crippen molar-refractivity contribution in [1.29, 1.82) is 0 Å². The van der Waals surface area contributed by atoms with E-state index in [0.29, 0.717) is 6.04 Å². The number of hydrogen-bond acceptors (Lipinski definition) is 3. The molecule has 0 saturated carbocycles. The Kier molecular flexibility index (Phi) is 5.67. The third kappa shape index (κ3) is 4.10. The van der Waals surface area contributed by atoms with Crippen LogP contribution in [0.25, 0.3) is 0 Å². The average molecular weight is 296 g/mol. The molecule has 2 unspecified atom stereocenters. The lowest BCUT2D eigenvalue weighted by Gasteiger charge is -2.36. The molecule has 1 aliphatic rings. The number of anilines is 1. The third-order valence-electron chi connectivity index (χ3n) is 4.07. The molecule has 4 heteroatoms. The molecule has 1 aliphatic heterocycles. The summed E-state index contributed by atoms with van der Waals surface area (Å²) in [7, 11) is 0. The third-order valence-corrected chi connectivity index (χ3v) is 4.42. The predicted octanol–water partition coefficient (Wildman–Crippen LogP) is 4.18. The summed E-state index contributed by atoms with van der Waals surface area (Å²) < 4.78 is 0. The van der Waals surface area contributed by atoms with Crippen LogP contribution in [0.5, 0.6) is 0 Å². The standard InChI is InChI=1S/C16H26ClN3/c1-4-9-18-16-8-7-14(17)15(19-16)11-20-10-12(2)5-6-13(20)3/h7-8,12-13H,4-6,9-11H2,1-3H3,(H,18,19).